The number of hydrogen-bond acceptors (Lipinski definition) is 3. The number of rotatable bonds is 7. The highest BCUT2D eigenvalue weighted by atomic mass is 35.5. The van der Waals surface area contributed by atoms with Crippen LogP contribution >= 0.6 is 11.6 Å². The summed E-state index contributed by atoms with van der Waals surface area (Å²) in [4.78, 5) is 4.27. The first-order valence-electron chi connectivity index (χ1n) is 7.62. The van der Waals surface area contributed by atoms with Gasteiger partial charge in [0.1, 0.15) is 5.82 Å². The van der Waals surface area contributed by atoms with Gasteiger partial charge in [-0.25, -0.2) is 13.4 Å². The van der Waals surface area contributed by atoms with Crippen LogP contribution in [0.4, 0.5) is 0 Å². The standard InChI is InChI=1S/C14H24ClN3O2S/c1-3-9-17-11-14(16-12(17)2)21(19,20)18(10-8-15)13-6-4-5-7-13/h11,13H,3-10H2,1-2H3. The van der Waals surface area contributed by atoms with Gasteiger partial charge in [-0.3, -0.25) is 0 Å². The zero-order chi connectivity index (χ0) is 15.5. The number of aryl methyl sites for hydroxylation is 2. The van der Waals surface area contributed by atoms with Gasteiger partial charge < -0.3 is 4.57 Å². The molecule has 7 heteroatoms. The van der Waals surface area contributed by atoms with Gasteiger partial charge in [-0.2, -0.15) is 4.31 Å². The maximum Gasteiger partial charge on any atom is 0.262 e. The van der Waals surface area contributed by atoms with Crippen molar-refractivity contribution < 1.29 is 8.42 Å². The number of alkyl halides is 1. The summed E-state index contributed by atoms with van der Waals surface area (Å²) in [6.07, 6.45) is 6.62. The maximum atomic E-state index is 12.9. The lowest BCUT2D eigenvalue weighted by Gasteiger charge is -2.26. The summed E-state index contributed by atoms with van der Waals surface area (Å²) in [6.45, 7) is 5.05. The minimum Gasteiger partial charge on any atom is -0.334 e. The van der Waals surface area contributed by atoms with Crippen molar-refractivity contribution in [2.45, 2.75) is 63.6 Å². The highest BCUT2D eigenvalue weighted by Crippen LogP contribution is 2.28. The molecule has 1 aliphatic carbocycles. The van der Waals surface area contributed by atoms with Crippen LogP contribution in [0.1, 0.15) is 44.9 Å². The Hall–Kier alpha value is -0.590. The fraction of sp³-hybridized carbons (Fsp3) is 0.786. The molecule has 0 bridgehead atoms. The molecular weight excluding hydrogens is 310 g/mol. The number of aromatic nitrogens is 2. The monoisotopic (exact) mass is 333 g/mol. The zero-order valence-electron chi connectivity index (χ0n) is 12.8. The Kier molecular flexibility index (Phi) is 5.68. The van der Waals surface area contributed by atoms with E-state index in [4.69, 9.17) is 11.6 Å². The Bertz CT molecular complexity index is 565. The molecule has 1 aromatic rings. The topological polar surface area (TPSA) is 55.2 Å². The zero-order valence-corrected chi connectivity index (χ0v) is 14.3. The number of sulfonamides is 1. The van der Waals surface area contributed by atoms with Crippen molar-refractivity contribution in [1.82, 2.24) is 13.9 Å². The summed E-state index contributed by atoms with van der Waals surface area (Å²) < 4.78 is 29.2. The molecule has 21 heavy (non-hydrogen) atoms. The normalized spacial score (nSPS) is 17.0. The molecule has 1 heterocycles. The summed E-state index contributed by atoms with van der Waals surface area (Å²) in [5.74, 6) is 1.05. The van der Waals surface area contributed by atoms with E-state index in [0.717, 1.165) is 44.5 Å². The molecule has 0 spiro atoms. The van der Waals surface area contributed by atoms with Crippen molar-refractivity contribution in [2.75, 3.05) is 12.4 Å². The minimum atomic E-state index is -3.55. The van der Waals surface area contributed by atoms with Gasteiger partial charge in [0.05, 0.1) is 0 Å². The van der Waals surface area contributed by atoms with E-state index in [2.05, 4.69) is 11.9 Å². The number of imidazole rings is 1. The van der Waals surface area contributed by atoms with Crippen LogP contribution in [0, 0.1) is 6.92 Å². The Labute approximate surface area is 132 Å². The van der Waals surface area contributed by atoms with Gasteiger partial charge in [0, 0.05) is 31.2 Å². The predicted octanol–water partition coefficient (Wildman–Crippen LogP) is 2.77. The Morgan fingerprint density at radius 1 is 1.43 bits per heavy atom. The molecule has 0 N–H and O–H groups in total. The van der Waals surface area contributed by atoms with Gasteiger partial charge >= 0.3 is 0 Å². The summed E-state index contributed by atoms with van der Waals surface area (Å²) in [5.41, 5.74) is 0. The third-order valence-corrected chi connectivity index (χ3v) is 6.02. The molecule has 0 atom stereocenters. The average Bonchev–Trinajstić information content (AvgIpc) is 3.07. The second-order valence-corrected chi connectivity index (χ2v) is 7.78. The van der Waals surface area contributed by atoms with E-state index in [1.54, 1.807) is 10.5 Å². The quantitative estimate of drug-likeness (QED) is 0.721. The Morgan fingerprint density at radius 3 is 2.67 bits per heavy atom. The van der Waals surface area contributed by atoms with Gasteiger partial charge in [-0.15, -0.1) is 11.6 Å². The molecule has 0 unspecified atom stereocenters. The van der Waals surface area contributed by atoms with Crippen LogP contribution in [0.3, 0.4) is 0 Å². The lowest BCUT2D eigenvalue weighted by molar-refractivity contribution is 0.335. The van der Waals surface area contributed by atoms with E-state index < -0.39 is 10.0 Å². The lowest BCUT2D eigenvalue weighted by Crippen LogP contribution is -2.40. The molecular formula is C14H24ClN3O2S. The van der Waals surface area contributed by atoms with E-state index in [1.165, 1.54) is 0 Å². The molecule has 2 rings (SSSR count). The molecule has 0 aliphatic heterocycles. The Morgan fingerprint density at radius 2 is 2.10 bits per heavy atom. The third-order valence-electron chi connectivity index (χ3n) is 4.03. The number of halogens is 1. The summed E-state index contributed by atoms with van der Waals surface area (Å²) in [7, 11) is -3.55. The SMILES string of the molecule is CCCn1cc(S(=O)(=O)N(CCCl)C2CCCC2)nc1C. The minimum absolute atomic E-state index is 0.0744. The third kappa shape index (κ3) is 3.60. The molecule has 0 radical (unpaired) electrons. The highest BCUT2D eigenvalue weighted by Gasteiger charge is 2.34. The van der Waals surface area contributed by atoms with E-state index in [1.807, 2.05) is 11.5 Å². The van der Waals surface area contributed by atoms with Gasteiger partial charge in [0.15, 0.2) is 5.03 Å². The first kappa shape index (κ1) is 16.8. The van der Waals surface area contributed by atoms with Crippen molar-refractivity contribution >= 4 is 21.6 Å². The molecule has 1 fully saturated rings. The van der Waals surface area contributed by atoms with Crippen LogP contribution in [0.15, 0.2) is 11.2 Å². The van der Waals surface area contributed by atoms with Crippen molar-refractivity contribution in [2.24, 2.45) is 0 Å². The van der Waals surface area contributed by atoms with Crippen LogP contribution in [0.5, 0.6) is 0 Å². The second kappa shape index (κ2) is 7.11. The summed E-state index contributed by atoms with van der Waals surface area (Å²) >= 11 is 5.82. The fourth-order valence-corrected chi connectivity index (χ4v) is 4.93. The molecule has 0 amide bonds. The van der Waals surface area contributed by atoms with Crippen molar-refractivity contribution in [1.29, 1.82) is 0 Å². The molecule has 1 aromatic heterocycles. The van der Waals surface area contributed by atoms with Crippen molar-refractivity contribution in [3.05, 3.63) is 12.0 Å². The van der Waals surface area contributed by atoms with E-state index >= 15 is 0 Å². The summed E-state index contributed by atoms with van der Waals surface area (Å²) in [5, 5.41) is 0.158. The number of nitrogens with zero attached hydrogens (tertiary/aromatic N) is 3. The van der Waals surface area contributed by atoms with Gasteiger partial charge in [-0.05, 0) is 26.2 Å². The van der Waals surface area contributed by atoms with Crippen LogP contribution < -0.4 is 0 Å². The van der Waals surface area contributed by atoms with Gasteiger partial charge in [-0.1, -0.05) is 19.8 Å². The van der Waals surface area contributed by atoms with Crippen LogP contribution in [-0.2, 0) is 16.6 Å². The fourth-order valence-electron chi connectivity index (χ4n) is 2.97. The van der Waals surface area contributed by atoms with Crippen LogP contribution in [0.2, 0.25) is 0 Å². The first-order chi connectivity index (χ1) is 10.0. The van der Waals surface area contributed by atoms with Crippen LogP contribution in [0.25, 0.3) is 0 Å². The van der Waals surface area contributed by atoms with Gasteiger partial charge in [0.25, 0.3) is 10.0 Å². The van der Waals surface area contributed by atoms with Gasteiger partial charge in [0.2, 0.25) is 0 Å². The summed E-state index contributed by atoms with van der Waals surface area (Å²) in [6, 6.07) is 0.0744. The maximum absolute atomic E-state index is 12.9. The lowest BCUT2D eigenvalue weighted by atomic mass is 10.2. The molecule has 1 saturated carbocycles. The molecule has 0 aromatic carbocycles. The number of hydrogen-bond donors (Lipinski definition) is 0. The highest BCUT2D eigenvalue weighted by molar-refractivity contribution is 7.89. The van der Waals surface area contributed by atoms with Crippen LogP contribution in [-0.4, -0.2) is 40.7 Å². The molecule has 120 valence electrons. The van der Waals surface area contributed by atoms with Crippen molar-refractivity contribution in [3.8, 4) is 0 Å². The largest absolute Gasteiger partial charge is 0.334 e. The predicted molar refractivity (Wildman–Crippen MR) is 84.1 cm³/mol. The second-order valence-electron chi connectivity index (χ2n) is 5.56. The Balaban J connectivity index is 2.31. The molecule has 1 aliphatic rings. The molecule has 5 nitrogen and oxygen atoms in total. The molecule has 0 saturated heterocycles. The smallest absolute Gasteiger partial charge is 0.262 e. The average molecular weight is 334 g/mol. The van der Waals surface area contributed by atoms with E-state index in [-0.39, 0.29) is 11.1 Å². The van der Waals surface area contributed by atoms with Crippen molar-refractivity contribution in [3.63, 3.8) is 0 Å². The van der Waals surface area contributed by atoms with E-state index in [0.29, 0.717) is 12.4 Å². The van der Waals surface area contributed by atoms with E-state index in [9.17, 15) is 8.42 Å². The first-order valence-corrected chi connectivity index (χ1v) is 9.59.